The molecule has 10 nitrogen and oxygen atoms in total. The number of carbonyl (C=O) groups excluding carboxylic acids is 1. The number of hydrogen-bond donors (Lipinski definition) is 1. The summed E-state index contributed by atoms with van der Waals surface area (Å²) in [5.41, 5.74) is 2.33. The molecule has 1 saturated carbocycles. The lowest BCUT2D eigenvalue weighted by Crippen LogP contribution is -2.44. The van der Waals surface area contributed by atoms with Crippen molar-refractivity contribution in [2.24, 2.45) is 5.92 Å². The molecule has 0 spiro atoms. The fourth-order valence-electron chi connectivity index (χ4n) is 4.56. The van der Waals surface area contributed by atoms with Crippen LogP contribution in [-0.2, 0) is 16.1 Å². The molecule has 2 fully saturated rings. The van der Waals surface area contributed by atoms with Gasteiger partial charge in [0.15, 0.2) is 17.0 Å². The number of nitrogens with zero attached hydrogens (tertiary/aromatic N) is 7. The van der Waals surface area contributed by atoms with Crippen LogP contribution in [-0.4, -0.2) is 72.6 Å². The van der Waals surface area contributed by atoms with Crippen LogP contribution in [0.15, 0.2) is 18.7 Å². The highest BCUT2D eigenvalue weighted by Gasteiger charge is 2.39. The average Bonchev–Trinajstić information content (AvgIpc) is 3.38. The molecule has 10 heteroatoms. The molecule has 1 amide bonds. The second kappa shape index (κ2) is 8.42. The van der Waals surface area contributed by atoms with E-state index in [4.69, 9.17) is 9.72 Å². The van der Waals surface area contributed by atoms with Crippen molar-refractivity contribution in [3.05, 3.63) is 24.5 Å². The molecule has 0 bridgehead atoms. The van der Waals surface area contributed by atoms with E-state index in [1.165, 1.54) is 0 Å². The second-order valence-corrected chi connectivity index (χ2v) is 8.53. The van der Waals surface area contributed by atoms with Gasteiger partial charge in [0.2, 0.25) is 5.91 Å². The molecule has 5 rings (SSSR count). The fraction of sp³-hybridized carbons (Fsp3) is 0.545. The first-order valence-electron chi connectivity index (χ1n) is 11.2. The summed E-state index contributed by atoms with van der Waals surface area (Å²) >= 11 is 0. The monoisotopic (exact) mass is 436 g/mol. The van der Waals surface area contributed by atoms with Gasteiger partial charge in [0.1, 0.15) is 18.0 Å². The van der Waals surface area contributed by atoms with E-state index in [1.807, 2.05) is 16.4 Å². The topological polar surface area (TPSA) is 111 Å². The van der Waals surface area contributed by atoms with Gasteiger partial charge in [-0.15, -0.1) is 0 Å². The SMILES string of the molecule is CCn1c(-c2cnc(C)nc2)nc2c(NC3CCN(C(=O)[C@H]4C[C@@H](OC)C4)C3)ncnc21. The van der Waals surface area contributed by atoms with Crippen LogP contribution in [0.1, 0.15) is 32.0 Å². The van der Waals surface area contributed by atoms with Crippen LogP contribution in [0, 0.1) is 12.8 Å². The maximum absolute atomic E-state index is 12.8. The van der Waals surface area contributed by atoms with E-state index in [0.717, 1.165) is 54.2 Å². The minimum Gasteiger partial charge on any atom is -0.381 e. The number of anilines is 1. The van der Waals surface area contributed by atoms with Crippen molar-refractivity contribution < 1.29 is 9.53 Å². The molecular formula is C22H28N8O2. The number of aromatic nitrogens is 6. The molecule has 1 N–H and O–H groups in total. The van der Waals surface area contributed by atoms with Crippen molar-refractivity contribution in [1.82, 2.24) is 34.4 Å². The number of hydrogen-bond acceptors (Lipinski definition) is 8. The van der Waals surface area contributed by atoms with Crippen molar-refractivity contribution >= 4 is 22.9 Å². The van der Waals surface area contributed by atoms with Crippen LogP contribution in [0.5, 0.6) is 0 Å². The molecule has 2 aliphatic rings. The van der Waals surface area contributed by atoms with E-state index in [0.29, 0.717) is 18.9 Å². The Morgan fingerprint density at radius 1 is 1.22 bits per heavy atom. The Morgan fingerprint density at radius 3 is 2.72 bits per heavy atom. The predicted molar refractivity (Wildman–Crippen MR) is 119 cm³/mol. The van der Waals surface area contributed by atoms with Gasteiger partial charge in [0, 0.05) is 51.1 Å². The van der Waals surface area contributed by atoms with Gasteiger partial charge < -0.3 is 19.5 Å². The van der Waals surface area contributed by atoms with E-state index in [9.17, 15) is 4.79 Å². The molecular weight excluding hydrogens is 408 g/mol. The van der Waals surface area contributed by atoms with Gasteiger partial charge in [0.25, 0.3) is 0 Å². The lowest BCUT2D eigenvalue weighted by atomic mass is 9.81. The number of imidazole rings is 1. The van der Waals surface area contributed by atoms with Crippen LogP contribution in [0.3, 0.4) is 0 Å². The number of fused-ring (bicyclic) bond motifs is 1. The minimum absolute atomic E-state index is 0.101. The summed E-state index contributed by atoms with van der Waals surface area (Å²) in [6.07, 6.45) is 7.90. The summed E-state index contributed by atoms with van der Waals surface area (Å²) in [7, 11) is 1.71. The molecule has 3 aromatic heterocycles. The van der Waals surface area contributed by atoms with Crippen LogP contribution in [0.25, 0.3) is 22.6 Å². The number of amides is 1. The molecule has 3 aromatic rings. The first kappa shape index (κ1) is 20.7. The summed E-state index contributed by atoms with van der Waals surface area (Å²) in [5, 5.41) is 3.51. The Kier molecular flexibility index (Phi) is 5.46. The molecule has 168 valence electrons. The normalized spacial score (nSPS) is 22.8. The summed E-state index contributed by atoms with van der Waals surface area (Å²) in [4.78, 5) is 37.1. The zero-order chi connectivity index (χ0) is 22.2. The van der Waals surface area contributed by atoms with Crippen molar-refractivity contribution in [2.45, 2.75) is 51.8 Å². The number of aryl methyl sites for hydroxylation is 2. The number of nitrogens with one attached hydrogen (secondary N) is 1. The summed E-state index contributed by atoms with van der Waals surface area (Å²) in [6, 6.07) is 0.133. The maximum atomic E-state index is 12.8. The molecule has 4 heterocycles. The number of carbonyl (C=O) groups is 1. The molecule has 0 aromatic carbocycles. The van der Waals surface area contributed by atoms with Crippen molar-refractivity contribution in [3.8, 4) is 11.4 Å². The molecule has 0 radical (unpaired) electrons. The van der Waals surface area contributed by atoms with E-state index >= 15 is 0 Å². The third kappa shape index (κ3) is 3.68. The van der Waals surface area contributed by atoms with Crippen molar-refractivity contribution in [3.63, 3.8) is 0 Å². The summed E-state index contributed by atoms with van der Waals surface area (Å²) < 4.78 is 7.36. The van der Waals surface area contributed by atoms with Gasteiger partial charge in [-0.3, -0.25) is 4.79 Å². The van der Waals surface area contributed by atoms with Crippen LogP contribution in [0.2, 0.25) is 0 Å². The highest BCUT2D eigenvalue weighted by Crippen LogP contribution is 2.33. The fourth-order valence-corrected chi connectivity index (χ4v) is 4.56. The average molecular weight is 437 g/mol. The first-order chi connectivity index (χ1) is 15.6. The zero-order valence-corrected chi connectivity index (χ0v) is 18.7. The lowest BCUT2D eigenvalue weighted by molar-refractivity contribution is -0.142. The van der Waals surface area contributed by atoms with E-state index < -0.39 is 0 Å². The number of methoxy groups -OCH3 is 1. The standard InChI is InChI=1S/C22H28N8O2/c1-4-30-20(15-9-23-13(2)24-10-15)28-18-19(25-12-26-21(18)30)27-16-5-6-29(11-16)22(31)14-7-17(8-14)32-3/h9-10,12,14,16-17H,4-8,11H2,1-3H3,(H,25,26,27)/t14-,16?,17+. The quantitative estimate of drug-likeness (QED) is 0.625. The van der Waals surface area contributed by atoms with Crippen molar-refractivity contribution in [2.75, 3.05) is 25.5 Å². The number of likely N-dealkylation sites (tertiary alicyclic amines) is 1. The predicted octanol–water partition coefficient (Wildman–Crippen LogP) is 2.05. The molecule has 1 unspecified atom stereocenters. The Labute approximate surface area is 186 Å². The highest BCUT2D eigenvalue weighted by atomic mass is 16.5. The molecule has 1 aliphatic heterocycles. The second-order valence-electron chi connectivity index (χ2n) is 8.53. The van der Waals surface area contributed by atoms with Crippen molar-refractivity contribution in [1.29, 1.82) is 0 Å². The van der Waals surface area contributed by atoms with Gasteiger partial charge in [-0.05, 0) is 33.1 Å². The first-order valence-corrected chi connectivity index (χ1v) is 11.2. The van der Waals surface area contributed by atoms with Gasteiger partial charge in [-0.1, -0.05) is 0 Å². The Morgan fingerprint density at radius 2 is 2.00 bits per heavy atom. The molecule has 1 saturated heterocycles. The lowest BCUT2D eigenvalue weighted by Gasteiger charge is -2.35. The summed E-state index contributed by atoms with van der Waals surface area (Å²) in [6.45, 7) is 6.06. The largest absolute Gasteiger partial charge is 0.381 e. The molecule has 1 aliphatic carbocycles. The third-order valence-corrected chi connectivity index (χ3v) is 6.51. The van der Waals surface area contributed by atoms with Crippen LogP contribution >= 0.6 is 0 Å². The van der Waals surface area contributed by atoms with Gasteiger partial charge in [0.05, 0.1) is 11.7 Å². The molecule has 1 atom stereocenters. The number of rotatable bonds is 6. The van der Waals surface area contributed by atoms with E-state index in [1.54, 1.807) is 25.8 Å². The smallest absolute Gasteiger partial charge is 0.225 e. The van der Waals surface area contributed by atoms with Crippen LogP contribution < -0.4 is 5.32 Å². The minimum atomic E-state index is 0.101. The third-order valence-electron chi connectivity index (χ3n) is 6.51. The Balaban J connectivity index is 1.35. The van der Waals surface area contributed by atoms with Crippen LogP contribution in [0.4, 0.5) is 5.82 Å². The van der Waals surface area contributed by atoms with Gasteiger partial charge >= 0.3 is 0 Å². The van der Waals surface area contributed by atoms with Gasteiger partial charge in [-0.2, -0.15) is 0 Å². The molecule has 32 heavy (non-hydrogen) atoms. The van der Waals surface area contributed by atoms with Gasteiger partial charge in [-0.25, -0.2) is 24.9 Å². The number of ether oxygens (including phenoxy) is 1. The summed E-state index contributed by atoms with van der Waals surface area (Å²) in [5.74, 6) is 2.53. The zero-order valence-electron chi connectivity index (χ0n) is 18.7. The van der Waals surface area contributed by atoms with E-state index in [-0.39, 0.29) is 24.0 Å². The van der Waals surface area contributed by atoms with E-state index in [2.05, 4.69) is 32.2 Å². The Hall–Kier alpha value is -3.14. The highest BCUT2D eigenvalue weighted by molar-refractivity contribution is 5.86. The maximum Gasteiger partial charge on any atom is 0.225 e. The Bertz CT molecular complexity index is 1120.